The van der Waals surface area contributed by atoms with Crippen molar-refractivity contribution < 1.29 is 14.3 Å². The molecule has 1 aromatic heterocycles. The van der Waals surface area contributed by atoms with Gasteiger partial charge in [0.2, 0.25) is 5.91 Å². The van der Waals surface area contributed by atoms with E-state index in [1.807, 2.05) is 13.0 Å². The summed E-state index contributed by atoms with van der Waals surface area (Å²) in [6.07, 6.45) is 3.48. The quantitative estimate of drug-likeness (QED) is 0.531. The Morgan fingerprint density at radius 2 is 1.94 bits per heavy atom. The Morgan fingerprint density at radius 1 is 1.10 bits per heavy atom. The summed E-state index contributed by atoms with van der Waals surface area (Å²) in [6.45, 7) is 2.05. The Morgan fingerprint density at radius 3 is 2.71 bits per heavy atom. The smallest absolute Gasteiger partial charge is 0.337 e. The molecule has 1 amide bonds. The van der Waals surface area contributed by atoms with Gasteiger partial charge in [-0.3, -0.25) is 10.1 Å². The number of fused-ring (bicyclic) bond motifs is 1. The predicted octanol–water partition coefficient (Wildman–Crippen LogP) is 4.65. The standard InChI is InChI=1S/C25H26N2O3S/c1-16-8-9-20(25(29)30-2)14-21(16)27-23(28)15-26-24(22-7-4-12-31-22)19-11-10-17-5-3-6-18(17)13-19/h4,7-14,24,26H,3,5-6,15H2,1-2H3,(H,27,28)/t24-/m0/s1. The first-order valence-corrected chi connectivity index (χ1v) is 11.3. The second-order valence-electron chi connectivity index (χ2n) is 7.78. The van der Waals surface area contributed by atoms with Gasteiger partial charge in [-0.05, 0) is 72.0 Å². The Balaban J connectivity index is 1.48. The number of methoxy groups -OCH3 is 1. The molecule has 0 saturated heterocycles. The van der Waals surface area contributed by atoms with Gasteiger partial charge in [-0.1, -0.05) is 30.3 Å². The largest absolute Gasteiger partial charge is 0.465 e. The van der Waals surface area contributed by atoms with Crippen molar-refractivity contribution in [3.63, 3.8) is 0 Å². The zero-order chi connectivity index (χ0) is 21.8. The number of anilines is 1. The van der Waals surface area contributed by atoms with Crippen LogP contribution in [-0.2, 0) is 22.4 Å². The third-order valence-corrected chi connectivity index (χ3v) is 6.62. The van der Waals surface area contributed by atoms with Crippen LogP contribution in [0.4, 0.5) is 5.69 Å². The van der Waals surface area contributed by atoms with Crippen LogP contribution in [0.3, 0.4) is 0 Å². The molecule has 2 N–H and O–H groups in total. The van der Waals surface area contributed by atoms with Crippen molar-refractivity contribution in [2.24, 2.45) is 0 Å². The summed E-state index contributed by atoms with van der Waals surface area (Å²) in [5, 5.41) is 8.40. The summed E-state index contributed by atoms with van der Waals surface area (Å²) in [7, 11) is 1.34. The molecule has 0 aliphatic heterocycles. The van der Waals surface area contributed by atoms with Gasteiger partial charge in [0.1, 0.15) is 0 Å². The number of aryl methyl sites for hydroxylation is 3. The van der Waals surface area contributed by atoms with Crippen LogP contribution in [0.15, 0.2) is 53.9 Å². The van der Waals surface area contributed by atoms with Gasteiger partial charge in [0, 0.05) is 10.6 Å². The number of carbonyl (C=O) groups is 2. The number of carbonyl (C=O) groups excluding carboxylic acids is 2. The number of esters is 1. The SMILES string of the molecule is COC(=O)c1ccc(C)c(NC(=O)CN[C@@H](c2ccc3c(c2)CCC3)c2cccs2)c1. The fourth-order valence-corrected chi connectivity index (χ4v) is 4.83. The topological polar surface area (TPSA) is 67.4 Å². The Labute approximate surface area is 186 Å². The number of nitrogens with one attached hydrogen (secondary N) is 2. The van der Waals surface area contributed by atoms with Gasteiger partial charge in [0.25, 0.3) is 0 Å². The molecule has 6 heteroatoms. The molecule has 1 heterocycles. The summed E-state index contributed by atoms with van der Waals surface area (Å²) < 4.78 is 4.77. The zero-order valence-corrected chi connectivity index (χ0v) is 18.6. The Bertz CT molecular complexity index is 1090. The van der Waals surface area contributed by atoms with Crippen molar-refractivity contribution in [2.75, 3.05) is 19.0 Å². The van der Waals surface area contributed by atoms with Gasteiger partial charge in [-0.25, -0.2) is 4.79 Å². The van der Waals surface area contributed by atoms with Crippen LogP contribution in [0.2, 0.25) is 0 Å². The van der Waals surface area contributed by atoms with E-state index in [4.69, 9.17) is 4.74 Å². The number of hydrogen-bond donors (Lipinski definition) is 2. The molecular weight excluding hydrogens is 408 g/mol. The van der Waals surface area contributed by atoms with E-state index in [1.54, 1.807) is 29.5 Å². The maximum Gasteiger partial charge on any atom is 0.337 e. The molecule has 0 unspecified atom stereocenters. The zero-order valence-electron chi connectivity index (χ0n) is 17.7. The van der Waals surface area contributed by atoms with Crippen molar-refractivity contribution in [1.82, 2.24) is 5.32 Å². The second kappa shape index (κ2) is 9.45. The lowest BCUT2D eigenvalue weighted by Gasteiger charge is -2.19. The molecule has 1 atom stereocenters. The number of ether oxygens (including phenoxy) is 1. The van der Waals surface area contributed by atoms with E-state index in [1.165, 1.54) is 35.1 Å². The first-order chi connectivity index (χ1) is 15.0. The number of thiophene rings is 1. The average molecular weight is 435 g/mol. The van der Waals surface area contributed by atoms with E-state index in [2.05, 4.69) is 40.3 Å². The molecular formula is C25H26N2O3S. The van der Waals surface area contributed by atoms with Gasteiger partial charge < -0.3 is 10.1 Å². The molecule has 0 saturated carbocycles. The minimum absolute atomic E-state index is 0.0425. The second-order valence-corrected chi connectivity index (χ2v) is 8.76. The van der Waals surface area contributed by atoms with Crippen LogP contribution < -0.4 is 10.6 Å². The lowest BCUT2D eigenvalue weighted by Crippen LogP contribution is -2.31. The van der Waals surface area contributed by atoms with Crippen LogP contribution >= 0.6 is 11.3 Å². The molecule has 5 nitrogen and oxygen atoms in total. The molecule has 1 aliphatic rings. The fourth-order valence-electron chi connectivity index (χ4n) is 4.00. The van der Waals surface area contributed by atoms with Gasteiger partial charge in [0.05, 0.1) is 25.3 Å². The van der Waals surface area contributed by atoms with Crippen LogP contribution in [-0.4, -0.2) is 25.5 Å². The summed E-state index contributed by atoms with van der Waals surface area (Å²) in [5.41, 5.74) is 5.94. The molecule has 0 bridgehead atoms. The monoisotopic (exact) mass is 434 g/mol. The number of amides is 1. The molecule has 4 rings (SSSR count). The third-order valence-electron chi connectivity index (χ3n) is 5.68. The van der Waals surface area contributed by atoms with Gasteiger partial charge in [-0.15, -0.1) is 11.3 Å². The first kappa shape index (κ1) is 21.3. The summed E-state index contributed by atoms with van der Waals surface area (Å²) >= 11 is 1.68. The van der Waals surface area contributed by atoms with Crippen molar-refractivity contribution in [3.8, 4) is 0 Å². The number of rotatable bonds is 7. The first-order valence-electron chi connectivity index (χ1n) is 10.4. The Kier molecular flexibility index (Phi) is 6.49. The van der Waals surface area contributed by atoms with Gasteiger partial charge in [-0.2, -0.15) is 0 Å². The minimum Gasteiger partial charge on any atom is -0.465 e. The average Bonchev–Trinajstić information content (AvgIpc) is 3.47. The minimum atomic E-state index is -0.428. The van der Waals surface area contributed by atoms with Gasteiger partial charge >= 0.3 is 5.97 Å². The predicted molar refractivity (Wildman–Crippen MR) is 124 cm³/mol. The molecule has 160 valence electrons. The van der Waals surface area contributed by atoms with Gasteiger partial charge in [0.15, 0.2) is 0 Å². The molecule has 0 spiro atoms. The summed E-state index contributed by atoms with van der Waals surface area (Å²) in [4.78, 5) is 25.7. The maximum atomic E-state index is 12.7. The lowest BCUT2D eigenvalue weighted by molar-refractivity contribution is -0.115. The van der Waals surface area contributed by atoms with Crippen molar-refractivity contribution in [3.05, 3.63) is 86.6 Å². The molecule has 2 aromatic carbocycles. The van der Waals surface area contributed by atoms with Crippen LogP contribution in [0, 0.1) is 6.92 Å². The van der Waals surface area contributed by atoms with E-state index >= 15 is 0 Å². The van der Waals surface area contributed by atoms with Crippen molar-refractivity contribution >= 4 is 28.9 Å². The fraction of sp³-hybridized carbons (Fsp3) is 0.280. The van der Waals surface area contributed by atoms with E-state index in [0.29, 0.717) is 11.3 Å². The molecule has 0 radical (unpaired) electrons. The Hall–Kier alpha value is -2.96. The van der Waals surface area contributed by atoms with Crippen LogP contribution in [0.1, 0.15) is 50.0 Å². The third kappa shape index (κ3) is 4.86. The van der Waals surface area contributed by atoms with E-state index in [-0.39, 0.29) is 18.5 Å². The summed E-state index contributed by atoms with van der Waals surface area (Å²) in [6, 6.07) is 15.9. The highest BCUT2D eigenvalue weighted by molar-refractivity contribution is 7.10. The highest BCUT2D eigenvalue weighted by Crippen LogP contribution is 2.30. The molecule has 0 fully saturated rings. The summed E-state index contributed by atoms with van der Waals surface area (Å²) in [5.74, 6) is -0.587. The number of benzene rings is 2. The van der Waals surface area contributed by atoms with Crippen molar-refractivity contribution in [1.29, 1.82) is 0 Å². The lowest BCUT2D eigenvalue weighted by atomic mass is 10.00. The van der Waals surface area contributed by atoms with E-state index in [9.17, 15) is 9.59 Å². The molecule has 3 aromatic rings. The maximum absolute atomic E-state index is 12.7. The molecule has 1 aliphatic carbocycles. The van der Waals surface area contributed by atoms with Crippen LogP contribution in [0.25, 0.3) is 0 Å². The highest BCUT2D eigenvalue weighted by Gasteiger charge is 2.19. The number of hydrogen-bond acceptors (Lipinski definition) is 5. The van der Waals surface area contributed by atoms with E-state index in [0.717, 1.165) is 18.4 Å². The van der Waals surface area contributed by atoms with E-state index < -0.39 is 5.97 Å². The normalized spacial score (nSPS) is 13.5. The molecule has 31 heavy (non-hydrogen) atoms. The van der Waals surface area contributed by atoms with Crippen molar-refractivity contribution in [2.45, 2.75) is 32.2 Å². The van der Waals surface area contributed by atoms with Crippen LogP contribution in [0.5, 0.6) is 0 Å². The highest BCUT2D eigenvalue weighted by atomic mass is 32.1.